The lowest BCUT2D eigenvalue weighted by Gasteiger charge is -2.32. The first kappa shape index (κ1) is 19.1. The van der Waals surface area contributed by atoms with Crippen LogP contribution in [-0.2, 0) is 4.79 Å². The van der Waals surface area contributed by atoms with Gasteiger partial charge in [-0.05, 0) is 30.5 Å². The van der Waals surface area contributed by atoms with Gasteiger partial charge in [-0.1, -0.05) is 42.1 Å². The molecule has 0 fully saturated rings. The average Bonchev–Trinajstić information content (AvgIpc) is 3.28. The Morgan fingerprint density at radius 3 is 2.71 bits per heavy atom. The molecule has 1 amide bonds. The van der Waals surface area contributed by atoms with Gasteiger partial charge in [0.15, 0.2) is 10.9 Å². The van der Waals surface area contributed by atoms with Crippen molar-refractivity contribution >= 4 is 34.2 Å². The van der Waals surface area contributed by atoms with Crippen molar-refractivity contribution in [1.82, 2.24) is 10.3 Å². The molecule has 0 unspecified atom stereocenters. The number of carbonyl (C=O) groups excluding carboxylic acids is 1. The van der Waals surface area contributed by atoms with E-state index in [1.807, 2.05) is 30.5 Å². The number of thioether (sulfide) groups is 1. The molecule has 154 valence electrons. The van der Waals surface area contributed by atoms with Crippen molar-refractivity contribution in [2.45, 2.75) is 6.17 Å². The standard InChI is InChI=1S/C21H15N5O4S/c1-31-21-23-20(27)18-12-6-2-4-8-14(12)22-19(25(18)24-21)17-11-10-16(30-17)13-7-3-5-9-15(13)26(28)29/h2-11,19H,1H3,(H,23,24,27)/t19-/m0/s1. The Kier molecular flexibility index (Phi) is 4.55. The number of nitrogens with zero attached hydrogens (tertiary/aromatic N) is 4. The van der Waals surface area contributed by atoms with E-state index in [4.69, 9.17) is 9.41 Å². The number of benzene rings is 2. The minimum atomic E-state index is -0.727. The van der Waals surface area contributed by atoms with Gasteiger partial charge in [-0.2, -0.15) is 0 Å². The van der Waals surface area contributed by atoms with Crippen molar-refractivity contribution in [2.24, 2.45) is 10.1 Å². The third-order valence-electron chi connectivity index (χ3n) is 4.96. The molecule has 0 saturated heterocycles. The summed E-state index contributed by atoms with van der Waals surface area (Å²) in [7, 11) is 0. The number of amidine groups is 1. The maximum Gasteiger partial charge on any atom is 0.280 e. The van der Waals surface area contributed by atoms with Crippen LogP contribution in [-0.4, -0.2) is 27.3 Å². The predicted octanol–water partition coefficient (Wildman–Crippen LogP) is 2.36. The van der Waals surface area contributed by atoms with Gasteiger partial charge in [-0.3, -0.25) is 20.2 Å². The number of fused-ring (bicyclic) bond motifs is 2. The number of nitro benzene ring substituents is 1. The van der Waals surface area contributed by atoms with Crippen LogP contribution in [0, 0.1) is 10.1 Å². The van der Waals surface area contributed by atoms with Gasteiger partial charge in [0.05, 0.1) is 15.8 Å². The zero-order valence-electron chi connectivity index (χ0n) is 16.2. The molecule has 0 radical (unpaired) electrons. The fraction of sp³-hybridized carbons (Fsp3) is 0.0952. The van der Waals surface area contributed by atoms with Gasteiger partial charge in [0.1, 0.15) is 11.5 Å². The average molecular weight is 433 g/mol. The van der Waals surface area contributed by atoms with E-state index in [2.05, 4.69) is 10.4 Å². The molecule has 2 aliphatic rings. The summed E-state index contributed by atoms with van der Waals surface area (Å²) in [6.07, 6.45) is 1.09. The Hall–Kier alpha value is -3.92. The van der Waals surface area contributed by atoms with Crippen LogP contribution in [0.3, 0.4) is 0 Å². The normalized spacial score (nSPS) is 17.3. The lowest BCUT2D eigenvalue weighted by Crippen LogP contribution is -2.50. The van der Waals surface area contributed by atoms with Gasteiger partial charge in [-0.25, -0.2) is 10.0 Å². The van der Waals surface area contributed by atoms with Crippen LogP contribution in [0.25, 0.3) is 17.0 Å². The van der Waals surface area contributed by atoms with Gasteiger partial charge in [0, 0.05) is 11.3 Å². The highest BCUT2D eigenvalue weighted by Gasteiger charge is 2.36. The molecule has 0 spiro atoms. The number of carbonyl (C=O) groups is 1. The first-order valence-corrected chi connectivity index (χ1v) is 10.5. The van der Waals surface area contributed by atoms with Crippen molar-refractivity contribution in [2.75, 3.05) is 6.26 Å². The van der Waals surface area contributed by atoms with E-state index in [0.29, 0.717) is 38.5 Å². The summed E-state index contributed by atoms with van der Waals surface area (Å²) < 4.78 is 6.01. The van der Waals surface area contributed by atoms with Gasteiger partial charge in [0.25, 0.3) is 11.6 Å². The highest BCUT2D eigenvalue weighted by Crippen LogP contribution is 2.36. The van der Waals surface area contributed by atoms with E-state index in [9.17, 15) is 14.9 Å². The van der Waals surface area contributed by atoms with Crippen molar-refractivity contribution < 1.29 is 14.1 Å². The van der Waals surface area contributed by atoms with Crippen molar-refractivity contribution in [3.63, 3.8) is 0 Å². The third-order valence-corrected chi connectivity index (χ3v) is 5.53. The second kappa shape index (κ2) is 7.40. The van der Waals surface area contributed by atoms with Crippen LogP contribution in [0.2, 0.25) is 0 Å². The molecule has 1 N–H and O–H groups in total. The number of hydrazone groups is 1. The van der Waals surface area contributed by atoms with Crippen molar-refractivity contribution in [1.29, 1.82) is 0 Å². The molecule has 10 heteroatoms. The number of amides is 1. The second-order valence-corrected chi connectivity index (χ2v) is 7.55. The summed E-state index contributed by atoms with van der Waals surface area (Å²) in [5.74, 6) is 0.477. The van der Waals surface area contributed by atoms with Gasteiger partial charge >= 0.3 is 0 Å². The summed E-state index contributed by atoms with van der Waals surface area (Å²) in [4.78, 5) is 28.6. The van der Waals surface area contributed by atoms with Crippen LogP contribution < -0.4 is 15.9 Å². The maximum atomic E-state index is 12.9. The second-order valence-electron chi connectivity index (χ2n) is 6.75. The summed E-state index contributed by atoms with van der Waals surface area (Å²) >= 11 is 1.31. The summed E-state index contributed by atoms with van der Waals surface area (Å²) in [6, 6.07) is 17.0. The van der Waals surface area contributed by atoms with Crippen LogP contribution in [0.15, 0.2) is 75.2 Å². The number of para-hydroxylation sites is 2. The van der Waals surface area contributed by atoms with Crippen molar-refractivity contribution in [3.8, 4) is 11.3 Å². The highest BCUT2D eigenvalue weighted by molar-refractivity contribution is 8.13. The van der Waals surface area contributed by atoms with E-state index in [1.165, 1.54) is 22.8 Å². The molecule has 1 atom stereocenters. The van der Waals surface area contributed by atoms with E-state index in [0.717, 1.165) is 0 Å². The van der Waals surface area contributed by atoms with Gasteiger partial charge < -0.3 is 4.42 Å². The molecule has 5 rings (SSSR count). The van der Waals surface area contributed by atoms with Crippen LogP contribution in [0.4, 0.5) is 5.69 Å². The largest absolute Gasteiger partial charge is 0.456 e. The minimum absolute atomic E-state index is 0.0541. The molecule has 0 bridgehead atoms. The number of nitrogens with one attached hydrogen (secondary N) is 1. The number of hydrogen-bond acceptors (Lipinski definition) is 8. The maximum absolute atomic E-state index is 12.9. The number of rotatable bonds is 3. The topological polar surface area (TPSA) is 113 Å². The molecule has 1 aromatic heterocycles. The lowest BCUT2D eigenvalue weighted by molar-refractivity contribution is -0.384. The summed E-state index contributed by atoms with van der Waals surface area (Å²) in [6.45, 7) is 0. The summed E-state index contributed by atoms with van der Waals surface area (Å²) in [5, 5.41) is 22.0. The van der Waals surface area contributed by atoms with E-state index in [1.54, 1.807) is 30.3 Å². The molecule has 2 aromatic carbocycles. The minimum Gasteiger partial charge on any atom is -0.456 e. The van der Waals surface area contributed by atoms with Crippen LogP contribution >= 0.6 is 11.8 Å². The third kappa shape index (κ3) is 3.17. The van der Waals surface area contributed by atoms with Gasteiger partial charge in [0.2, 0.25) is 6.17 Å². The Morgan fingerprint density at radius 1 is 1.13 bits per heavy atom. The lowest BCUT2D eigenvalue weighted by atomic mass is 10.1. The van der Waals surface area contributed by atoms with Crippen LogP contribution in [0.5, 0.6) is 0 Å². The highest BCUT2D eigenvalue weighted by atomic mass is 32.2. The summed E-state index contributed by atoms with van der Waals surface area (Å²) in [5.41, 5.74) is 0.683. The molecule has 0 saturated carbocycles. The number of furan rings is 1. The van der Waals surface area contributed by atoms with Gasteiger partial charge in [-0.15, -0.1) is 5.10 Å². The number of nitro groups is 1. The Labute approximate surface area is 179 Å². The SMILES string of the molecule is CSC1=NN2C(=c3ccccc3=N[C@@H]2c2ccc(-c3ccccc3[N+](=O)[O-])o2)C(=O)N1. The molecule has 31 heavy (non-hydrogen) atoms. The van der Waals surface area contributed by atoms with E-state index >= 15 is 0 Å². The molecular formula is C21H15N5O4S. The van der Waals surface area contributed by atoms with Crippen LogP contribution in [0.1, 0.15) is 11.9 Å². The molecular weight excluding hydrogens is 418 g/mol. The fourth-order valence-electron chi connectivity index (χ4n) is 3.58. The molecule has 9 nitrogen and oxygen atoms in total. The number of hydrogen-bond donors (Lipinski definition) is 1. The van der Waals surface area contributed by atoms with E-state index < -0.39 is 11.1 Å². The Bertz CT molecular complexity index is 1380. The first-order valence-electron chi connectivity index (χ1n) is 9.30. The first-order chi connectivity index (χ1) is 15.1. The van der Waals surface area contributed by atoms with Crippen molar-refractivity contribution in [3.05, 3.63) is 87.1 Å². The molecule has 2 aliphatic heterocycles. The Balaban J connectivity index is 1.66. The zero-order chi connectivity index (χ0) is 21.5. The smallest absolute Gasteiger partial charge is 0.280 e. The van der Waals surface area contributed by atoms with E-state index in [-0.39, 0.29) is 11.6 Å². The molecule has 3 heterocycles. The Morgan fingerprint density at radius 2 is 1.90 bits per heavy atom. The quantitative estimate of drug-likeness (QED) is 0.501. The fourth-order valence-corrected chi connectivity index (χ4v) is 3.95. The zero-order valence-corrected chi connectivity index (χ0v) is 17.0. The molecule has 3 aromatic rings. The molecule has 0 aliphatic carbocycles. The predicted molar refractivity (Wildman–Crippen MR) is 115 cm³/mol. The monoisotopic (exact) mass is 433 g/mol.